The summed E-state index contributed by atoms with van der Waals surface area (Å²) in [6.07, 6.45) is 0.145. The average Bonchev–Trinajstić information content (AvgIpc) is 3.26. The van der Waals surface area contributed by atoms with Crippen molar-refractivity contribution in [3.05, 3.63) is 83.3 Å². The fourth-order valence-corrected chi connectivity index (χ4v) is 4.23. The molecule has 7 heteroatoms. The highest BCUT2D eigenvalue weighted by Crippen LogP contribution is 2.39. The Balaban J connectivity index is 1.72. The molecular formula is C29H29N3O4. The molecule has 184 valence electrons. The molecule has 0 amide bonds. The third kappa shape index (κ3) is 5.03. The monoisotopic (exact) mass is 483 g/mol. The lowest BCUT2D eigenvalue weighted by Gasteiger charge is -2.12. The van der Waals surface area contributed by atoms with Crippen molar-refractivity contribution in [3.8, 4) is 22.6 Å². The smallest absolute Gasteiger partial charge is 0.310 e. The van der Waals surface area contributed by atoms with E-state index in [1.807, 2.05) is 53.2 Å². The number of hydrogen-bond donors (Lipinski definition) is 0. The molecule has 0 aliphatic rings. The molecule has 0 atom stereocenters. The summed E-state index contributed by atoms with van der Waals surface area (Å²) < 4.78 is 18.8. The second-order valence-electron chi connectivity index (χ2n) is 8.56. The van der Waals surface area contributed by atoms with Crippen LogP contribution in [0.15, 0.2) is 60.7 Å². The average molecular weight is 484 g/mol. The number of carbonyl (C=O) groups excluding carboxylic acids is 1. The van der Waals surface area contributed by atoms with E-state index in [0.29, 0.717) is 23.8 Å². The predicted molar refractivity (Wildman–Crippen MR) is 139 cm³/mol. The van der Waals surface area contributed by atoms with Crippen LogP contribution in [-0.4, -0.2) is 29.5 Å². The Morgan fingerprint density at radius 3 is 2.64 bits per heavy atom. The minimum absolute atomic E-state index is 0.145. The zero-order valence-electron chi connectivity index (χ0n) is 20.9. The molecule has 0 aliphatic carbocycles. The molecule has 1 aromatic heterocycles. The van der Waals surface area contributed by atoms with Gasteiger partial charge in [0.2, 0.25) is 5.69 Å². The van der Waals surface area contributed by atoms with Crippen LogP contribution in [0, 0.1) is 6.57 Å². The molecule has 1 heterocycles. The van der Waals surface area contributed by atoms with Gasteiger partial charge in [0.15, 0.2) is 0 Å². The minimum Gasteiger partial charge on any atom is -0.507 e. The molecule has 0 saturated carbocycles. The van der Waals surface area contributed by atoms with Crippen molar-refractivity contribution < 1.29 is 19.0 Å². The van der Waals surface area contributed by atoms with Gasteiger partial charge in [-0.15, -0.1) is 0 Å². The standard InChI is InChI=1S/C29H29N3O4/c1-6-35-28(33)17-21-10-7-8-13-27(21)36-18-25-23-16-20(14-15-26(23)32(31-25)19(2)3)22-11-9-12-24(30-4)29(22)34-5/h7-16,19H,6,17-18H2,1-3,5H3. The van der Waals surface area contributed by atoms with Crippen molar-refractivity contribution in [2.75, 3.05) is 13.7 Å². The molecule has 0 saturated heterocycles. The first kappa shape index (κ1) is 24.8. The van der Waals surface area contributed by atoms with Crippen LogP contribution >= 0.6 is 0 Å². The number of rotatable bonds is 9. The van der Waals surface area contributed by atoms with Crippen LogP contribution in [0.25, 0.3) is 26.9 Å². The van der Waals surface area contributed by atoms with Gasteiger partial charge in [0, 0.05) is 22.6 Å². The van der Waals surface area contributed by atoms with Crippen molar-refractivity contribution in [2.45, 2.75) is 39.8 Å². The van der Waals surface area contributed by atoms with E-state index >= 15 is 0 Å². The molecule has 4 aromatic rings. The summed E-state index contributed by atoms with van der Waals surface area (Å²) in [5.74, 6) is 0.887. The molecule has 0 bridgehead atoms. The largest absolute Gasteiger partial charge is 0.507 e. The van der Waals surface area contributed by atoms with Gasteiger partial charge in [-0.3, -0.25) is 9.48 Å². The van der Waals surface area contributed by atoms with Gasteiger partial charge in [0.1, 0.15) is 23.8 Å². The number of ether oxygens (including phenoxy) is 3. The number of nitrogens with zero attached hydrogens (tertiary/aromatic N) is 3. The molecule has 0 aliphatic heterocycles. The molecule has 0 N–H and O–H groups in total. The third-order valence-corrected chi connectivity index (χ3v) is 5.88. The highest BCUT2D eigenvalue weighted by molar-refractivity contribution is 5.89. The van der Waals surface area contributed by atoms with Gasteiger partial charge in [-0.05, 0) is 44.5 Å². The quantitative estimate of drug-likeness (QED) is 0.200. The van der Waals surface area contributed by atoms with Gasteiger partial charge in [0.05, 0.1) is 32.2 Å². The Morgan fingerprint density at radius 2 is 1.92 bits per heavy atom. The van der Waals surface area contributed by atoms with Gasteiger partial charge in [-0.1, -0.05) is 42.5 Å². The van der Waals surface area contributed by atoms with Gasteiger partial charge < -0.3 is 14.2 Å². The molecule has 7 nitrogen and oxygen atoms in total. The minimum atomic E-state index is -0.289. The number of carbonyl (C=O) groups is 1. The van der Waals surface area contributed by atoms with Crippen LogP contribution < -0.4 is 9.47 Å². The Bertz CT molecular complexity index is 1430. The SMILES string of the molecule is [C-]#[N+]c1cccc(-c2ccc3c(c2)c(COc2ccccc2CC(=O)OCC)nn3C(C)C)c1OC. The van der Waals surface area contributed by atoms with Crippen LogP contribution in [0.5, 0.6) is 11.5 Å². The van der Waals surface area contributed by atoms with Crippen molar-refractivity contribution in [1.82, 2.24) is 9.78 Å². The first-order chi connectivity index (χ1) is 17.5. The normalized spacial score (nSPS) is 10.9. The van der Waals surface area contributed by atoms with Crippen LogP contribution in [-0.2, 0) is 22.6 Å². The molecule has 4 rings (SSSR count). The lowest BCUT2D eigenvalue weighted by Crippen LogP contribution is -2.09. The molecular weight excluding hydrogens is 454 g/mol. The van der Waals surface area contributed by atoms with E-state index in [2.05, 4.69) is 24.8 Å². The van der Waals surface area contributed by atoms with Crippen molar-refractivity contribution in [2.24, 2.45) is 0 Å². The van der Waals surface area contributed by atoms with Gasteiger partial charge in [0.25, 0.3) is 0 Å². The number of fused-ring (bicyclic) bond motifs is 1. The summed E-state index contributed by atoms with van der Waals surface area (Å²) in [7, 11) is 1.58. The van der Waals surface area contributed by atoms with Crippen LogP contribution in [0.2, 0.25) is 0 Å². The fraction of sp³-hybridized carbons (Fsp3) is 0.276. The van der Waals surface area contributed by atoms with Crippen LogP contribution in [0.3, 0.4) is 0 Å². The van der Waals surface area contributed by atoms with Crippen LogP contribution in [0.4, 0.5) is 5.69 Å². The molecule has 0 fully saturated rings. The number of methoxy groups -OCH3 is 1. The first-order valence-corrected chi connectivity index (χ1v) is 11.9. The third-order valence-electron chi connectivity index (χ3n) is 5.88. The molecule has 0 unspecified atom stereocenters. The zero-order chi connectivity index (χ0) is 25.7. The summed E-state index contributed by atoms with van der Waals surface area (Å²) in [5.41, 5.74) is 4.79. The summed E-state index contributed by atoms with van der Waals surface area (Å²) in [4.78, 5) is 15.6. The summed E-state index contributed by atoms with van der Waals surface area (Å²) in [6.45, 7) is 14.0. The zero-order valence-corrected chi connectivity index (χ0v) is 20.9. The summed E-state index contributed by atoms with van der Waals surface area (Å²) in [6, 6.07) is 19.3. The summed E-state index contributed by atoms with van der Waals surface area (Å²) in [5, 5.41) is 5.81. The Labute approximate surface area is 211 Å². The van der Waals surface area contributed by atoms with Gasteiger partial charge in [-0.25, -0.2) is 4.85 Å². The van der Waals surface area contributed by atoms with Crippen molar-refractivity contribution in [1.29, 1.82) is 0 Å². The highest BCUT2D eigenvalue weighted by Gasteiger charge is 2.18. The van der Waals surface area contributed by atoms with Crippen LogP contribution in [0.1, 0.15) is 38.1 Å². The van der Waals surface area contributed by atoms with E-state index < -0.39 is 0 Å². The Hall–Kier alpha value is -4.31. The lowest BCUT2D eigenvalue weighted by molar-refractivity contribution is -0.142. The van der Waals surface area contributed by atoms with Crippen molar-refractivity contribution >= 4 is 22.6 Å². The van der Waals surface area contributed by atoms with E-state index in [1.54, 1.807) is 20.1 Å². The number of aromatic nitrogens is 2. The molecule has 0 spiro atoms. The molecule has 3 aromatic carbocycles. The maximum Gasteiger partial charge on any atom is 0.310 e. The topological polar surface area (TPSA) is 66.9 Å². The Morgan fingerprint density at radius 1 is 1.11 bits per heavy atom. The highest BCUT2D eigenvalue weighted by atomic mass is 16.5. The number of para-hydroxylation sites is 2. The second kappa shape index (κ2) is 11.0. The summed E-state index contributed by atoms with van der Waals surface area (Å²) >= 11 is 0. The fourth-order valence-electron chi connectivity index (χ4n) is 4.23. The van der Waals surface area contributed by atoms with E-state index in [9.17, 15) is 4.79 Å². The maximum absolute atomic E-state index is 12.0. The van der Waals surface area contributed by atoms with E-state index in [-0.39, 0.29) is 25.0 Å². The van der Waals surface area contributed by atoms with Gasteiger partial charge in [-0.2, -0.15) is 5.10 Å². The number of esters is 1. The van der Waals surface area contributed by atoms with Crippen molar-refractivity contribution in [3.63, 3.8) is 0 Å². The Kier molecular flexibility index (Phi) is 7.55. The number of benzene rings is 3. The molecule has 36 heavy (non-hydrogen) atoms. The number of hydrogen-bond acceptors (Lipinski definition) is 5. The van der Waals surface area contributed by atoms with E-state index in [1.165, 1.54) is 0 Å². The lowest BCUT2D eigenvalue weighted by atomic mass is 10.0. The first-order valence-electron chi connectivity index (χ1n) is 11.9. The van der Waals surface area contributed by atoms with E-state index in [0.717, 1.165) is 33.3 Å². The second-order valence-corrected chi connectivity index (χ2v) is 8.56. The predicted octanol–water partition coefficient (Wildman–Crippen LogP) is 6.53. The van der Waals surface area contributed by atoms with Gasteiger partial charge >= 0.3 is 5.97 Å². The van der Waals surface area contributed by atoms with E-state index in [4.69, 9.17) is 25.9 Å². The molecule has 0 radical (unpaired) electrons. The maximum atomic E-state index is 12.0.